The zero-order valence-corrected chi connectivity index (χ0v) is 11.3. The van der Waals surface area contributed by atoms with E-state index in [0.717, 1.165) is 18.2 Å². The minimum absolute atomic E-state index is 0.389. The molecule has 3 N–H and O–H groups in total. The largest absolute Gasteiger partial charge is 0.479 e. The number of aliphatic carboxylic acids is 1. The number of halogens is 1. The van der Waals surface area contributed by atoms with Crippen LogP contribution < -0.4 is 4.72 Å². The molecule has 0 heterocycles. The van der Waals surface area contributed by atoms with E-state index in [-0.39, 0.29) is 5.69 Å². The van der Waals surface area contributed by atoms with Gasteiger partial charge in [-0.05, 0) is 6.07 Å². The standard InChI is InChI=1S/C9H9ClN2O7S/c10-6-3-5(12(16)17)1-2-8(6)20(18,19)11-4-7(13)9(14)15/h1-3,7,11,13H,4H2,(H,14,15). The number of rotatable bonds is 6. The lowest BCUT2D eigenvalue weighted by atomic mass is 10.3. The maximum absolute atomic E-state index is 11.8. The van der Waals surface area contributed by atoms with E-state index in [2.05, 4.69) is 0 Å². The fourth-order valence-electron chi connectivity index (χ4n) is 1.17. The summed E-state index contributed by atoms with van der Waals surface area (Å²) in [5.74, 6) is -1.59. The van der Waals surface area contributed by atoms with Gasteiger partial charge in [0.2, 0.25) is 10.0 Å². The molecule has 9 nitrogen and oxygen atoms in total. The summed E-state index contributed by atoms with van der Waals surface area (Å²) in [4.78, 5) is 19.6. The Hall–Kier alpha value is -1.75. The summed E-state index contributed by atoms with van der Waals surface area (Å²) < 4.78 is 25.4. The van der Waals surface area contributed by atoms with E-state index in [1.807, 2.05) is 4.72 Å². The maximum atomic E-state index is 11.8. The van der Waals surface area contributed by atoms with Crippen molar-refractivity contribution in [1.29, 1.82) is 0 Å². The summed E-state index contributed by atoms with van der Waals surface area (Å²) >= 11 is 5.63. The van der Waals surface area contributed by atoms with Crippen molar-refractivity contribution in [3.63, 3.8) is 0 Å². The van der Waals surface area contributed by atoms with Crippen LogP contribution in [-0.2, 0) is 14.8 Å². The molecule has 1 atom stereocenters. The zero-order chi connectivity index (χ0) is 15.5. The van der Waals surface area contributed by atoms with Crippen molar-refractivity contribution in [2.24, 2.45) is 0 Å². The van der Waals surface area contributed by atoms with Gasteiger partial charge in [-0.3, -0.25) is 10.1 Å². The van der Waals surface area contributed by atoms with Crippen molar-refractivity contribution in [2.45, 2.75) is 11.0 Å². The van der Waals surface area contributed by atoms with Gasteiger partial charge in [-0.15, -0.1) is 0 Å². The van der Waals surface area contributed by atoms with Crippen LogP contribution in [0.5, 0.6) is 0 Å². The van der Waals surface area contributed by atoms with Crippen LogP contribution in [0.15, 0.2) is 23.1 Å². The monoisotopic (exact) mass is 324 g/mol. The van der Waals surface area contributed by atoms with Crippen LogP contribution in [0.1, 0.15) is 0 Å². The molecule has 0 aliphatic rings. The molecule has 0 fully saturated rings. The first kappa shape index (κ1) is 16.3. The molecular weight excluding hydrogens is 316 g/mol. The van der Waals surface area contributed by atoms with Crippen molar-refractivity contribution in [1.82, 2.24) is 4.72 Å². The van der Waals surface area contributed by atoms with Gasteiger partial charge in [0.15, 0.2) is 6.10 Å². The van der Waals surface area contributed by atoms with Gasteiger partial charge in [0.25, 0.3) is 5.69 Å². The molecule has 1 rings (SSSR count). The van der Waals surface area contributed by atoms with E-state index < -0.39 is 43.5 Å². The van der Waals surface area contributed by atoms with Crippen LogP contribution in [-0.4, -0.2) is 42.2 Å². The highest BCUT2D eigenvalue weighted by Crippen LogP contribution is 2.25. The third-order valence-electron chi connectivity index (χ3n) is 2.17. The molecule has 0 radical (unpaired) electrons. The number of hydrogen-bond donors (Lipinski definition) is 3. The fraction of sp³-hybridized carbons (Fsp3) is 0.222. The lowest BCUT2D eigenvalue weighted by molar-refractivity contribution is -0.384. The number of aliphatic hydroxyl groups excluding tert-OH is 1. The van der Waals surface area contributed by atoms with Crippen LogP contribution in [0, 0.1) is 10.1 Å². The van der Waals surface area contributed by atoms with Crippen molar-refractivity contribution in [3.8, 4) is 0 Å². The molecule has 0 saturated carbocycles. The van der Waals surface area contributed by atoms with Crippen LogP contribution in [0.4, 0.5) is 5.69 Å². The van der Waals surface area contributed by atoms with Gasteiger partial charge >= 0.3 is 5.97 Å². The SMILES string of the molecule is O=C(O)C(O)CNS(=O)(=O)c1ccc([N+](=O)[O-])cc1Cl. The second-order valence-electron chi connectivity index (χ2n) is 3.58. The average Bonchev–Trinajstić information content (AvgIpc) is 2.35. The summed E-state index contributed by atoms with van der Waals surface area (Å²) in [7, 11) is -4.19. The Morgan fingerprint density at radius 2 is 2.10 bits per heavy atom. The number of nitro benzene ring substituents is 1. The van der Waals surface area contributed by atoms with Crippen molar-refractivity contribution in [2.75, 3.05) is 6.54 Å². The van der Waals surface area contributed by atoms with E-state index >= 15 is 0 Å². The molecule has 20 heavy (non-hydrogen) atoms. The highest BCUT2D eigenvalue weighted by Gasteiger charge is 2.23. The normalized spacial score (nSPS) is 12.9. The number of benzene rings is 1. The van der Waals surface area contributed by atoms with E-state index in [4.69, 9.17) is 21.8 Å². The number of carboxylic acid groups (broad SMARTS) is 1. The molecule has 1 unspecified atom stereocenters. The molecule has 0 aliphatic carbocycles. The van der Waals surface area contributed by atoms with Crippen LogP contribution >= 0.6 is 11.6 Å². The molecule has 0 aromatic heterocycles. The summed E-state index contributed by atoms with van der Waals surface area (Å²) in [6, 6.07) is 2.70. The summed E-state index contributed by atoms with van der Waals surface area (Å²) in [6.07, 6.45) is -1.92. The quantitative estimate of drug-likeness (QED) is 0.491. The van der Waals surface area contributed by atoms with Crippen molar-refractivity contribution < 1.29 is 28.3 Å². The number of hydrogen-bond acceptors (Lipinski definition) is 6. The molecule has 0 bridgehead atoms. The number of non-ortho nitro benzene ring substituents is 1. The van der Waals surface area contributed by atoms with Crippen LogP contribution in [0.25, 0.3) is 0 Å². The van der Waals surface area contributed by atoms with Crippen LogP contribution in [0.3, 0.4) is 0 Å². The minimum Gasteiger partial charge on any atom is -0.479 e. The summed E-state index contributed by atoms with van der Waals surface area (Å²) in [6.45, 7) is -0.759. The van der Waals surface area contributed by atoms with Gasteiger partial charge in [-0.25, -0.2) is 17.9 Å². The second-order valence-corrected chi connectivity index (χ2v) is 5.72. The lowest BCUT2D eigenvalue weighted by Gasteiger charge is -2.09. The first-order chi connectivity index (χ1) is 9.15. The Morgan fingerprint density at radius 3 is 2.55 bits per heavy atom. The molecular formula is C9H9ClN2O7S. The van der Waals surface area contributed by atoms with Gasteiger partial charge in [-0.2, -0.15) is 0 Å². The Kier molecular flexibility index (Phi) is 5.00. The molecule has 1 aromatic carbocycles. The Morgan fingerprint density at radius 1 is 1.50 bits per heavy atom. The third kappa shape index (κ3) is 3.87. The number of nitrogens with zero attached hydrogens (tertiary/aromatic N) is 1. The van der Waals surface area contributed by atoms with E-state index in [1.54, 1.807) is 0 Å². The minimum atomic E-state index is -4.19. The summed E-state index contributed by atoms with van der Waals surface area (Å²) in [5, 5.41) is 27.5. The molecule has 0 saturated heterocycles. The Bertz CT molecular complexity index is 646. The van der Waals surface area contributed by atoms with Gasteiger partial charge in [-0.1, -0.05) is 11.6 Å². The smallest absolute Gasteiger partial charge is 0.333 e. The predicted octanol–water partition coefficient (Wildman–Crippen LogP) is -0.0280. The molecule has 0 amide bonds. The molecule has 1 aromatic rings. The number of sulfonamides is 1. The summed E-state index contributed by atoms with van der Waals surface area (Å²) in [5.41, 5.74) is -0.389. The predicted molar refractivity (Wildman–Crippen MR) is 66.9 cm³/mol. The maximum Gasteiger partial charge on any atom is 0.333 e. The van der Waals surface area contributed by atoms with Crippen molar-refractivity contribution in [3.05, 3.63) is 33.3 Å². The molecule has 0 aliphatic heterocycles. The number of aliphatic hydroxyl groups is 1. The number of nitrogens with one attached hydrogen (secondary N) is 1. The Labute approximate surface area is 118 Å². The highest BCUT2D eigenvalue weighted by atomic mass is 35.5. The average molecular weight is 325 g/mol. The first-order valence-electron chi connectivity index (χ1n) is 4.99. The topological polar surface area (TPSA) is 147 Å². The van der Waals surface area contributed by atoms with E-state index in [0.29, 0.717) is 0 Å². The number of nitro groups is 1. The second kappa shape index (κ2) is 6.13. The Balaban J connectivity index is 2.99. The van der Waals surface area contributed by atoms with Crippen LogP contribution in [0.2, 0.25) is 5.02 Å². The van der Waals surface area contributed by atoms with Gasteiger partial charge < -0.3 is 10.2 Å². The number of carbonyl (C=O) groups is 1. The fourth-order valence-corrected chi connectivity index (χ4v) is 2.75. The van der Waals surface area contributed by atoms with E-state index in [1.165, 1.54) is 0 Å². The molecule has 110 valence electrons. The molecule has 11 heteroatoms. The lowest BCUT2D eigenvalue weighted by Crippen LogP contribution is -2.36. The van der Waals surface area contributed by atoms with Gasteiger partial charge in [0, 0.05) is 18.7 Å². The van der Waals surface area contributed by atoms with Gasteiger partial charge in [0.05, 0.1) is 9.95 Å². The highest BCUT2D eigenvalue weighted by molar-refractivity contribution is 7.89. The van der Waals surface area contributed by atoms with E-state index in [9.17, 15) is 23.3 Å². The first-order valence-corrected chi connectivity index (χ1v) is 6.85. The zero-order valence-electron chi connectivity index (χ0n) is 9.69. The molecule has 0 spiro atoms. The van der Waals surface area contributed by atoms with Gasteiger partial charge in [0.1, 0.15) is 4.90 Å². The number of carboxylic acids is 1. The third-order valence-corrected chi connectivity index (χ3v) is 4.07. The van der Waals surface area contributed by atoms with Crippen molar-refractivity contribution >= 4 is 33.3 Å².